The maximum Gasteiger partial charge on any atom is 0.0834 e. The molecule has 0 radical (unpaired) electrons. The maximum absolute atomic E-state index is 4.52. The van der Waals surface area contributed by atoms with Crippen LogP contribution in [0.1, 0.15) is 13.8 Å². The molecule has 0 aliphatic carbocycles. The molecule has 0 saturated heterocycles. The summed E-state index contributed by atoms with van der Waals surface area (Å²) in [5.41, 5.74) is 1.75. The fourth-order valence-corrected chi connectivity index (χ4v) is 1.75. The van der Waals surface area contributed by atoms with Crippen LogP contribution in [0.3, 0.4) is 0 Å². The topological polar surface area (TPSA) is 12.4 Å². The zero-order valence-corrected chi connectivity index (χ0v) is 13.2. The van der Waals surface area contributed by atoms with Crippen molar-refractivity contribution in [1.82, 2.24) is 0 Å². The smallest absolute Gasteiger partial charge is 0.0834 e. The van der Waals surface area contributed by atoms with Crippen LogP contribution >= 0.6 is 11.8 Å². The van der Waals surface area contributed by atoms with Gasteiger partial charge < -0.3 is 0 Å². The normalized spacial score (nSPS) is 13.2. The first-order valence-electron chi connectivity index (χ1n) is 6.40. The zero-order chi connectivity index (χ0) is 15.4. The Morgan fingerprint density at radius 1 is 1.15 bits per heavy atom. The molecule has 1 nitrogen and oxygen atoms in total. The number of rotatable bonds is 9. The van der Waals surface area contributed by atoms with Crippen molar-refractivity contribution in [2.75, 3.05) is 0 Å². The fourth-order valence-electron chi connectivity index (χ4n) is 1.27. The van der Waals surface area contributed by atoms with Crippen LogP contribution in [0.15, 0.2) is 89.9 Å². The minimum atomic E-state index is 0.455. The van der Waals surface area contributed by atoms with Crippen LogP contribution in [-0.4, -0.2) is 5.71 Å². The highest BCUT2D eigenvalue weighted by Crippen LogP contribution is 2.21. The van der Waals surface area contributed by atoms with E-state index in [-0.39, 0.29) is 0 Å². The minimum absolute atomic E-state index is 0.455. The molecule has 0 unspecified atom stereocenters. The molecule has 0 aromatic carbocycles. The Bertz CT molecular complexity index is 474. The molecule has 0 amide bonds. The van der Waals surface area contributed by atoms with Crippen LogP contribution in [0.4, 0.5) is 0 Å². The molecule has 0 atom stereocenters. The van der Waals surface area contributed by atoms with Crippen LogP contribution in [0, 0.1) is 5.92 Å². The van der Waals surface area contributed by atoms with E-state index in [2.05, 4.69) is 45.2 Å². The highest BCUT2D eigenvalue weighted by Gasteiger charge is 2.07. The van der Waals surface area contributed by atoms with Crippen LogP contribution in [0.5, 0.6) is 0 Å². The summed E-state index contributed by atoms with van der Waals surface area (Å²) in [6.07, 6.45) is 13.0. The molecule has 0 aliphatic rings. The number of hydrogen-bond donors (Lipinski definition) is 0. The standard InChI is InChI=1S/C18H23NS/c1-7-10-12-17(11-8-2)18(16(6)20-9-3)19-14-13-15(4)5/h7-15H,1-3,6H2,4-5H3/b12-10-,14-13-,17-11+,19-18-. The summed E-state index contributed by atoms with van der Waals surface area (Å²) in [6.45, 7) is 19.4. The molecular formula is C18H23NS. The second-order valence-electron chi connectivity index (χ2n) is 4.22. The van der Waals surface area contributed by atoms with Crippen molar-refractivity contribution in [1.29, 1.82) is 0 Å². The van der Waals surface area contributed by atoms with Crippen molar-refractivity contribution in [2.45, 2.75) is 13.8 Å². The number of allylic oxidation sites excluding steroid dienone is 8. The number of hydrogen-bond acceptors (Lipinski definition) is 2. The summed E-state index contributed by atoms with van der Waals surface area (Å²) in [5, 5.41) is 1.74. The van der Waals surface area contributed by atoms with E-state index in [4.69, 9.17) is 0 Å². The minimum Gasteiger partial charge on any atom is -0.255 e. The Morgan fingerprint density at radius 3 is 2.35 bits per heavy atom. The summed E-state index contributed by atoms with van der Waals surface area (Å²) in [6, 6.07) is 0. The fraction of sp³-hybridized carbons (Fsp3) is 0.167. The lowest BCUT2D eigenvalue weighted by Crippen LogP contribution is -2.01. The second-order valence-corrected chi connectivity index (χ2v) is 5.29. The Labute approximate surface area is 127 Å². The van der Waals surface area contributed by atoms with Gasteiger partial charge in [-0.2, -0.15) is 0 Å². The van der Waals surface area contributed by atoms with E-state index in [0.717, 1.165) is 16.2 Å². The molecule has 0 bridgehead atoms. The molecule has 0 spiro atoms. The first-order chi connectivity index (χ1) is 9.56. The number of aliphatic imine (C=N–C) groups is 1. The second kappa shape index (κ2) is 11.1. The molecule has 20 heavy (non-hydrogen) atoms. The van der Waals surface area contributed by atoms with Gasteiger partial charge in [0, 0.05) is 16.7 Å². The molecule has 2 heteroatoms. The van der Waals surface area contributed by atoms with E-state index in [1.165, 1.54) is 11.8 Å². The first kappa shape index (κ1) is 18.2. The summed E-state index contributed by atoms with van der Waals surface area (Å²) >= 11 is 1.46. The van der Waals surface area contributed by atoms with Gasteiger partial charge in [-0.25, -0.2) is 0 Å². The predicted octanol–water partition coefficient (Wildman–Crippen LogP) is 5.84. The SMILES string of the molecule is C=C\C=C/C(=C\C=C)C(=N\C=C/C(C)C)/C(=C)SC=C. The lowest BCUT2D eigenvalue weighted by Gasteiger charge is -2.08. The highest BCUT2D eigenvalue weighted by atomic mass is 32.2. The van der Waals surface area contributed by atoms with Gasteiger partial charge in [-0.15, -0.1) is 0 Å². The lowest BCUT2D eigenvalue weighted by molar-refractivity contribution is 0.829. The van der Waals surface area contributed by atoms with Gasteiger partial charge in [-0.3, -0.25) is 4.99 Å². The van der Waals surface area contributed by atoms with Crippen molar-refractivity contribution in [2.24, 2.45) is 10.9 Å². The quantitative estimate of drug-likeness (QED) is 0.383. The summed E-state index contributed by atoms with van der Waals surface area (Å²) in [7, 11) is 0. The molecule has 0 rings (SSSR count). The van der Waals surface area contributed by atoms with Crippen LogP contribution in [0.2, 0.25) is 0 Å². The van der Waals surface area contributed by atoms with Gasteiger partial charge in [0.2, 0.25) is 0 Å². The van der Waals surface area contributed by atoms with Gasteiger partial charge in [-0.1, -0.05) is 88.4 Å². The van der Waals surface area contributed by atoms with Gasteiger partial charge in [0.1, 0.15) is 0 Å². The summed E-state index contributed by atoms with van der Waals surface area (Å²) in [5.74, 6) is 0.455. The average molecular weight is 285 g/mol. The van der Waals surface area contributed by atoms with E-state index in [0.29, 0.717) is 5.92 Å². The predicted molar refractivity (Wildman–Crippen MR) is 96.0 cm³/mol. The van der Waals surface area contributed by atoms with E-state index in [9.17, 15) is 0 Å². The summed E-state index contributed by atoms with van der Waals surface area (Å²) < 4.78 is 0. The maximum atomic E-state index is 4.52. The van der Waals surface area contributed by atoms with Gasteiger partial charge in [0.15, 0.2) is 0 Å². The average Bonchev–Trinajstić information content (AvgIpc) is 2.40. The van der Waals surface area contributed by atoms with Gasteiger partial charge in [0.05, 0.1) is 5.71 Å². The van der Waals surface area contributed by atoms with Crippen molar-refractivity contribution in [3.05, 3.63) is 84.9 Å². The number of thioether (sulfide) groups is 1. The lowest BCUT2D eigenvalue weighted by atomic mass is 10.1. The number of nitrogens with zero attached hydrogens (tertiary/aromatic N) is 1. The van der Waals surface area contributed by atoms with Gasteiger partial charge in [0.25, 0.3) is 0 Å². The van der Waals surface area contributed by atoms with Crippen molar-refractivity contribution in [3.63, 3.8) is 0 Å². The van der Waals surface area contributed by atoms with Crippen molar-refractivity contribution >= 4 is 17.5 Å². The molecule has 0 saturated carbocycles. The monoisotopic (exact) mass is 285 g/mol. The molecular weight excluding hydrogens is 262 g/mol. The van der Waals surface area contributed by atoms with Crippen LogP contribution < -0.4 is 0 Å². The van der Waals surface area contributed by atoms with Crippen molar-refractivity contribution in [3.8, 4) is 0 Å². The Hall–Kier alpha value is -1.80. The van der Waals surface area contributed by atoms with E-state index < -0.39 is 0 Å². The Kier molecular flexibility index (Phi) is 10.1. The van der Waals surface area contributed by atoms with Gasteiger partial charge in [-0.05, 0) is 11.3 Å². The summed E-state index contributed by atoms with van der Waals surface area (Å²) in [4.78, 5) is 5.36. The van der Waals surface area contributed by atoms with E-state index in [1.807, 2.05) is 30.5 Å². The third-order valence-electron chi connectivity index (χ3n) is 2.15. The molecule has 0 aromatic rings. The van der Waals surface area contributed by atoms with Crippen LogP contribution in [-0.2, 0) is 0 Å². The first-order valence-corrected chi connectivity index (χ1v) is 7.28. The Morgan fingerprint density at radius 2 is 1.85 bits per heavy atom. The third-order valence-corrected chi connectivity index (χ3v) is 2.79. The molecule has 0 N–H and O–H groups in total. The molecule has 0 fully saturated rings. The molecule has 0 aromatic heterocycles. The van der Waals surface area contributed by atoms with Crippen molar-refractivity contribution < 1.29 is 0 Å². The molecule has 106 valence electrons. The Balaban J connectivity index is 5.57. The van der Waals surface area contributed by atoms with Gasteiger partial charge >= 0.3 is 0 Å². The zero-order valence-electron chi connectivity index (χ0n) is 12.4. The van der Waals surface area contributed by atoms with E-state index >= 15 is 0 Å². The molecule has 0 aliphatic heterocycles. The molecule has 0 heterocycles. The van der Waals surface area contributed by atoms with Crippen LogP contribution in [0.25, 0.3) is 0 Å². The third kappa shape index (κ3) is 7.59. The largest absolute Gasteiger partial charge is 0.255 e. The van der Waals surface area contributed by atoms with E-state index in [1.54, 1.807) is 17.6 Å². The highest BCUT2D eigenvalue weighted by molar-refractivity contribution is 8.06.